The van der Waals surface area contributed by atoms with Gasteiger partial charge >= 0.3 is 0 Å². The first kappa shape index (κ1) is 21.4. The van der Waals surface area contributed by atoms with Crippen molar-refractivity contribution >= 4 is 29.1 Å². The van der Waals surface area contributed by atoms with Crippen molar-refractivity contribution in [2.45, 2.75) is 33.5 Å². The second kappa shape index (κ2) is 9.93. The molecule has 2 aromatic heterocycles. The number of nitrogens with zero attached hydrogens (tertiary/aromatic N) is 4. The van der Waals surface area contributed by atoms with Crippen LogP contribution in [0.2, 0.25) is 5.02 Å². The maximum atomic E-state index is 12.8. The summed E-state index contributed by atoms with van der Waals surface area (Å²) in [6.07, 6.45) is 3.93. The lowest BCUT2D eigenvalue weighted by atomic mass is 10.3. The number of carbonyl (C=O) groups is 2. The zero-order valence-electron chi connectivity index (χ0n) is 16.8. The Balaban J connectivity index is 1.72. The highest BCUT2D eigenvalue weighted by atomic mass is 35.5. The van der Waals surface area contributed by atoms with E-state index in [1.54, 1.807) is 41.2 Å². The van der Waals surface area contributed by atoms with Gasteiger partial charge in [-0.3, -0.25) is 14.3 Å². The Hall–Kier alpha value is -3.33. The van der Waals surface area contributed by atoms with Gasteiger partial charge in [0.05, 0.1) is 5.69 Å². The lowest BCUT2D eigenvalue weighted by Crippen LogP contribution is -2.26. The summed E-state index contributed by atoms with van der Waals surface area (Å²) < 4.78 is 8.67. The van der Waals surface area contributed by atoms with Crippen LogP contribution < -0.4 is 15.4 Å². The largest absolute Gasteiger partial charge is 0.471 e. The molecule has 30 heavy (non-hydrogen) atoms. The Morgan fingerprint density at radius 3 is 2.60 bits per heavy atom. The molecule has 0 saturated heterocycles. The summed E-state index contributed by atoms with van der Waals surface area (Å²) in [5, 5.41) is 14.5. The molecular weight excluding hydrogens is 408 g/mol. The molecule has 0 aliphatic heterocycles. The Morgan fingerprint density at radius 2 is 1.90 bits per heavy atom. The first-order valence-electron chi connectivity index (χ1n) is 9.59. The van der Waals surface area contributed by atoms with Crippen molar-refractivity contribution < 1.29 is 14.3 Å². The molecule has 0 spiro atoms. The standard InChI is InChI=1S/C20H23ClN6O3/c1-3-10-22-20(29)18-16(12-26(4-2)25-18)24-19(28)17-9-11-23-27(17)13-30-15-7-5-14(21)6-8-15/h5-9,11-12H,3-4,10,13H2,1-2H3,(H,22,29)(H,24,28). The number of carbonyl (C=O) groups excluding carboxylic acids is 2. The highest BCUT2D eigenvalue weighted by Crippen LogP contribution is 2.18. The maximum absolute atomic E-state index is 12.8. The number of aromatic nitrogens is 4. The van der Waals surface area contributed by atoms with Gasteiger partial charge < -0.3 is 15.4 Å². The van der Waals surface area contributed by atoms with Gasteiger partial charge in [0.1, 0.15) is 11.4 Å². The predicted octanol–water partition coefficient (Wildman–Crippen LogP) is 3.18. The molecule has 3 aromatic rings. The zero-order chi connectivity index (χ0) is 21.5. The predicted molar refractivity (Wildman–Crippen MR) is 113 cm³/mol. The van der Waals surface area contributed by atoms with Crippen molar-refractivity contribution in [1.82, 2.24) is 24.9 Å². The van der Waals surface area contributed by atoms with E-state index >= 15 is 0 Å². The molecule has 9 nitrogen and oxygen atoms in total. The SMILES string of the molecule is CCCNC(=O)c1nn(CC)cc1NC(=O)c1ccnn1COc1ccc(Cl)cc1. The van der Waals surface area contributed by atoms with Crippen LogP contribution in [0.5, 0.6) is 5.75 Å². The molecule has 0 saturated carbocycles. The van der Waals surface area contributed by atoms with Crippen molar-refractivity contribution in [3.8, 4) is 5.75 Å². The molecule has 2 N–H and O–H groups in total. The number of nitrogens with one attached hydrogen (secondary N) is 2. The molecule has 158 valence electrons. The van der Waals surface area contributed by atoms with Crippen LogP contribution in [0.15, 0.2) is 42.7 Å². The van der Waals surface area contributed by atoms with Gasteiger partial charge in [-0.25, -0.2) is 4.68 Å². The van der Waals surface area contributed by atoms with Crippen LogP contribution in [-0.4, -0.2) is 37.9 Å². The number of rotatable bonds is 9. The van der Waals surface area contributed by atoms with E-state index in [9.17, 15) is 9.59 Å². The molecule has 2 heterocycles. The monoisotopic (exact) mass is 430 g/mol. The van der Waals surface area contributed by atoms with Crippen molar-refractivity contribution in [2.24, 2.45) is 0 Å². The summed E-state index contributed by atoms with van der Waals surface area (Å²) in [4.78, 5) is 25.2. The van der Waals surface area contributed by atoms with Crippen molar-refractivity contribution in [3.05, 3.63) is 59.1 Å². The van der Waals surface area contributed by atoms with E-state index in [4.69, 9.17) is 16.3 Å². The number of hydrogen-bond acceptors (Lipinski definition) is 5. The van der Waals surface area contributed by atoms with E-state index < -0.39 is 5.91 Å². The quantitative estimate of drug-likeness (QED) is 0.542. The fourth-order valence-electron chi connectivity index (χ4n) is 2.65. The average molecular weight is 431 g/mol. The average Bonchev–Trinajstić information content (AvgIpc) is 3.38. The molecule has 0 unspecified atom stereocenters. The first-order chi connectivity index (χ1) is 14.5. The van der Waals surface area contributed by atoms with Crippen LogP contribution in [-0.2, 0) is 13.3 Å². The Labute approximate surface area is 179 Å². The number of benzene rings is 1. The maximum Gasteiger partial charge on any atom is 0.274 e. The van der Waals surface area contributed by atoms with Gasteiger partial charge in [-0.05, 0) is 43.7 Å². The van der Waals surface area contributed by atoms with Gasteiger partial charge in [0.25, 0.3) is 11.8 Å². The Morgan fingerprint density at radius 1 is 1.13 bits per heavy atom. The summed E-state index contributed by atoms with van der Waals surface area (Å²) in [5.41, 5.74) is 0.789. The number of anilines is 1. The highest BCUT2D eigenvalue weighted by Gasteiger charge is 2.20. The van der Waals surface area contributed by atoms with E-state index in [1.165, 1.54) is 10.9 Å². The highest BCUT2D eigenvalue weighted by molar-refractivity contribution is 6.30. The molecule has 0 atom stereocenters. The van der Waals surface area contributed by atoms with Crippen molar-refractivity contribution in [2.75, 3.05) is 11.9 Å². The Bertz CT molecular complexity index is 1010. The third kappa shape index (κ3) is 5.18. The van der Waals surface area contributed by atoms with Gasteiger partial charge in [-0.15, -0.1) is 0 Å². The minimum atomic E-state index is -0.424. The summed E-state index contributed by atoms with van der Waals surface area (Å²) in [6.45, 7) is 4.99. The topological polar surface area (TPSA) is 103 Å². The van der Waals surface area contributed by atoms with Crippen molar-refractivity contribution in [1.29, 1.82) is 0 Å². The zero-order valence-corrected chi connectivity index (χ0v) is 17.5. The van der Waals surface area contributed by atoms with Crippen molar-refractivity contribution in [3.63, 3.8) is 0 Å². The smallest absolute Gasteiger partial charge is 0.274 e. The summed E-state index contributed by atoms with van der Waals surface area (Å²) in [7, 11) is 0. The van der Waals surface area contributed by atoms with Crippen LogP contribution >= 0.6 is 11.6 Å². The Kier molecular flexibility index (Phi) is 7.08. The molecule has 10 heteroatoms. The van der Waals surface area contributed by atoms with Gasteiger partial charge in [0, 0.05) is 30.5 Å². The fourth-order valence-corrected chi connectivity index (χ4v) is 2.77. The first-order valence-corrected chi connectivity index (χ1v) is 9.96. The number of halogens is 1. The minimum Gasteiger partial charge on any atom is -0.471 e. The molecule has 0 aliphatic carbocycles. The molecule has 1 aromatic carbocycles. The van der Waals surface area contributed by atoms with E-state index in [0.29, 0.717) is 29.5 Å². The van der Waals surface area contributed by atoms with Gasteiger partial charge in [-0.1, -0.05) is 18.5 Å². The molecule has 0 radical (unpaired) electrons. The van der Waals surface area contributed by atoms with E-state index in [-0.39, 0.29) is 24.0 Å². The number of hydrogen-bond donors (Lipinski definition) is 2. The van der Waals surface area contributed by atoms with Crippen LogP contribution in [0.3, 0.4) is 0 Å². The van der Waals surface area contributed by atoms with E-state index in [0.717, 1.165) is 6.42 Å². The second-order valence-electron chi connectivity index (χ2n) is 6.40. The van der Waals surface area contributed by atoms with E-state index in [2.05, 4.69) is 20.8 Å². The second-order valence-corrected chi connectivity index (χ2v) is 6.84. The van der Waals surface area contributed by atoms with Gasteiger partial charge in [-0.2, -0.15) is 10.2 Å². The fraction of sp³-hybridized carbons (Fsp3) is 0.300. The van der Waals surface area contributed by atoms with E-state index in [1.807, 2.05) is 13.8 Å². The third-order valence-corrected chi connectivity index (χ3v) is 4.45. The number of amides is 2. The van der Waals surface area contributed by atoms with Crippen LogP contribution in [0.1, 0.15) is 41.2 Å². The lowest BCUT2D eigenvalue weighted by Gasteiger charge is -2.10. The summed E-state index contributed by atoms with van der Waals surface area (Å²) in [6, 6.07) is 8.45. The third-order valence-electron chi connectivity index (χ3n) is 4.20. The molecular formula is C20H23ClN6O3. The summed E-state index contributed by atoms with van der Waals surface area (Å²) in [5.74, 6) is -0.160. The number of ether oxygens (including phenoxy) is 1. The lowest BCUT2D eigenvalue weighted by molar-refractivity contribution is 0.0948. The molecule has 2 amide bonds. The number of aryl methyl sites for hydroxylation is 1. The van der Waals surface area contributed by atoms with Gasteiger partial charge in [0.2, 0.25) is 0 Å². The summed E-state index contributed by atoms with van der Waals surface area (Å²) >= 11 is 5.87. The van der Waals surface area contributed by atoms with Gasteiger partial charge in [0.15, 0.2) is 12.4 Å². The minimum absolute atomic E-state index is 0.0372. The van der Waals surface area contributed by atoms with Crippen LogP contribution in [0.25, 0.3) is 0 Å². The molecule has 0 aliphatic rings. The molecule has 3 rings (SSSR count). The van der Waals surface area contributed by atoms with Crippen LogP contribution in [0.4, 0.5) is 5.69 Å². The normalized spacial score (nSPS) is 10.6. The van der Waals surface area contributed by atoms with Crippen LogP contribution in [0, 0.1) is 0 Å². The molecule has 0 fully saturated rings. The molecule has 0 bridgehead atoms.